The van der Waals surface area contributed by atoms with Gasteiger partial charge in [0.15, 0.2) is 5.65 Å². The molecule has 13 heteroatoms. The normalized spacial score (nSPS) is 14.2. The number of amides is 2. The Bertz CT molecular complexity index is 1760. The number of hydrogen-bond acceptors (Lipinski definition) is 8. The van der Waals surface area contributed by atoms with Crippen LogP contribution in [0.3, 0.4) is 0 Å². The maximum Gasteiger partial charge on any atom is 0.416 e. The highest BCUT2D eigenvalue weighted by molar-refractivity contribution is 7.95. The molecule has 0 saturated carbocycles. The zero-order valence-corrected chi connectivity index (χ0v) is 28.6. The molecule has 1 aliphatic rings. The lowest BCUT2D eigenvalue weighted by atomic mass is 10.0. The van der Waals surface area contributed by atoms with E-state index in [1.165, 1.54) is 4.90 Å². The molecule has 4 rings (SSSR count). The molecular formula is C33H44N6O6S. The van der Waals surface area contributed by atoms with Gasteiger partial charge in [-0.25, -0.2) is 23.0 Å². The van der Waals surface area contributed by atoms with Crippen molar-refractivity contribution in [3.63, 3.8) is 0 Å². The number of hydrogen-bond donors (Lipinski definition) is 1. The summed E-state index contributed by atoms with van der Waals surface area (Å²) in [6, 6.07) is 8.55. The summed E-state index contributed by atoms with van der Waals surface area (Å²) in [4.78, 5) is 34.7. The maximum atomic E-state index is 13.9. The number of nitrogens with zero attached hydrogens (tertiary/aromatic N) is 5. The van der Waals surface area contributed by atoms with Crippen LogP contribution in [0, 0.1) is 0 Å². The first-order chi connectivity index (χ1) is 21.4. The molecule has 0 bridgehead atoms. The van der Waals surface area contributed by atoms with Crippen LogP contribution in [0.5, 0.6) is 0 Å². The second-order valence-electron chi connectivity index (χ2n) is 13.5. The third kappa shape index (κ3) is 8.65. The van der Waals surface area contributed by atoms with Crippen molar-refractivity contribution < 1.29 is 27.5 Å². The van der Waals surface area contributed by atoms with Gasteiger partial charge in [-0.05, 0) is 77.2 Å². The molecule has 1 aromatic carbocycles. The largest absolute Gasteiger partial charge is 0.444 e. The van der Waals surface area contributed by atoms with Crippen molar-refractivity contribution in [2.45, 2.75) is 85.5 Å². The Morgan fingerprint density at radius 2 is 1.80 bits per heavy atom. The molecule has 2 amide bonds. The molecule has 1 aliphatic heterocycles. The predicted octanol–water partition coefficient (Wildman–Crippen LogP) is 6.70. The summed E-state index contributed by atoms with van der Waals surface area (Å²) in [7, 11) is -3.73. The summed E-state index contributed by atoms with van der Waals surface area (Å²) in [6.07, 6.45) is 3.24. The average molecular weight is 653 g/mol. The third-order valence-corrected chi connectivity index (χ3v) is 7.89. The van der Waals surface area contributed by atoms with Crippen LogP contribution in [0.2, 0.25) is 0 Å². The van der Waals surface area contributed by atoms with E-state index in [9.17, 15) is 18.0 Å². The zero-order valence-electron chi connectivity index (χ0n) is 27.8. The highest BCUT2D eigenvalue weighted by Crippen LogP contribution is 2.31. The number of benzene rings is 1. The second kappa shape index (κ2) is 13.1. The van der Waals surface area contributed by atoms with Crippen molar-refractivity contribution in [1.82, 2.24) is 19.5 Å². The van der Waals surface area contributed by atoms with Crippen LogP contribution in [0.15, 0.2) is 54.6 Å². The highest BCUT2D eigenvalue weighted by Gasteiger charge is 2.29. The van der Waals surface area contributed by atoms with Crippen molar-refractivity contribution in [1.29, 1.82) is 0 Å². The maximum absolute atomic E-state index is 13.9. The lowest BCUT2D eigenvalue weighted by molar-refractivity contribution is 0.0270. The van der Waals surface area contributed by atoms with Crippen molar-refractivity contribution in [3.05, 3.63) is 71.4 Å². The van der Waals surface area contributed by atoms with E-state index in [1.807, 2.05) is 40.7 Å². The Kier molecular flexibility index (Phi) is 9.86. The molecule has 2 aromatic heterocycles. The molecule has 46 heavy (non-hydrogen) atoms. The fourth-order valence-electron chi connectivity index (χ4n) is 4.80. The van der Waals surface area contributed by atoms with E-state index in [-0.39, 0.29) is 18.6 Å². The van der Waals surface area contributed by atoms with Crippen LogP contribution in [0.4, 0.5) is 21.1 Å². The number of anilines is 2. The van der Waals surface area contributed by atoms with Crippen LogP contribution >= 0.6 is 0 Å². The lowest BCUT2D eigenvalue weighted by Crippen LogP contribution is -2.39. The van der Waals surface area contributed by atoms with Crippen molar-refractivity contribution in [2.75, 3.05) is 22.7 Å². The smallest absolute Gasteiger partial charge is 0.416 e. The summed E-state index contributed by atoms with van der Waals surface area (Å²) in [5.41, 5.74) is 2.64. The predicted molar refractivity (Wildman–Crippen MR) is 179 cm³/mol. The van der Waals surface area contributed by atoms with Crippen LogP contribution in [0.1, 0.15) is 84.5 Å². The average Bonchev–Trinajstić information content (AvgIpc) is 3.38. The van der Waals surface area contributed by atoms with E-state index in [2.05, 4.69) is 16.4 Å². The fraction of sp³-hybridized carbons (Fsp3) is 0.455. The van der Waals surface area contributed by atoms with Gasteiger partial charge in [0.1, 0.15) is 17.0 Å². The number of carbonyl (C=O) groups excluding carboxylic acids is 2. The minimum atomic E-state index is -3.73. The molecule has 12 nitrogen and oxygen atoms in total. The molecule has 0 radical (unpaired) electrons. The van der Waals surface area contributed by atoms with Gasteiger partial charge in [0.25, 0.3) is 10.0 Å². The Hall–Kier alpha value is -4.39. The zero-order chi connectivity index (χ0) is 34.0. The molecular weight excluding hydrogens is 608 g/mol. The molecule has 0 unspecified atom stereocenters. The van der Waals surface area contributed by atoms with Gasteiger partial charge in [0, 0.05) is 35.8 Å². The first-order valence-electron chi connectivity index (χ1n) is 15.2. The van der Waals surface area contributed by atoms with E-state index < -0.39 is 27.3 Å². The first kappa shape index (κ1) is 34.5. The molecule has 0 saturated heterocycles. The Labute approximate surface area is 271 Å². The van der Waals surface area contributed by atoms with E-state index in [0.717, 1.165) is 16.5 Å². The van der Waals surface area contributed by atoms with Crippen LogP contribution in [-0.4, -0.2) is 64.4 Å². The summed E-state index contributed by atoms with van der Waals surface area (Å²) in [5, 5.41) is 5.46. The number of sulfonamides is 1. The third-order valence-electron chi connectivity index (χ3n) is 6.93. The summed E-state index contributed by atoms with van der Waals surface area (Å²) < 4.78 is 39.8. The van der Waals surface area contributed by atoms with E-state index in [1.54, 1.807) is 66.7 Å². The van der Waals surface area contributed by atoms with E-state index in [4.69, 9.17) is 14.5 Å². The molecule has 248 valence electrons. The molecule has 3 aromatic rings. The standard InChI is InChI=1S/C33H44N6O6S/c1-10-46(42,43)36-25-13-11-12-23(18-25)21-38(31(41)45-33(7,8)9)28-19-27(35-29-26(22(2)3)20-34-39(28)29)24-14-16-37(17-15-24)30(40)44-32(4,5)6/h10-14,18-20,22,36H,1,15-17,21H2,2-9H3. The first-order valence-corrected chi connectivity index (χ1v) is 16.7. The fourth-order valence-corrected chi connectivity index (χ4v) is 5.34. The van der Waals surface area contributed by atoms with Gasteiger partial charge in [-0.3, -0.25) is 9.62 Å². The number of ether oxygens (including phenoxy) is 2. The monoisotopic (exact) mass is 652 g/mol. The number of nitrogens with one attached hydrogen (secondary N) is 1. The quantitative estimate of drug-likeness (QED) is 0.284. The molecule has 0 fully saturated rings. The topological polar surface area (TPSA) is 135 Å². The lowest BCUT2D eigenvalue weighted by Gasteiger charge is -2.30. The second-order valence-corrected chi connectivity index (χ2v) is 15.1. The van der Waals surface area contributed by atoms with Gasteiger partial charge in [-0.1, -0.05) is 38.6 Å². The Morgan fingerprint density at radius 3 is 2.39 bits per heavy atom. The minimum absolute atomic E-state index is 0.0411. The van der Waals surface area contributed by atoms with Crippen molar-refractivity contribution in [2.24, 2.45) is 0 Å². The van der Waals surface area contributed by atoms with Gasteiger partial charge in [-0.2, -0.15) is 9.61 Å². The Morgan fingerprint density at radius 1 is 1.11 bits per heavy atom. The molecule has 0 atom stereocenters. The number of aromatic nitrogens is 3. The summed E-state index contributed by atoms with van der Waals surface area (Å²) in [6.45, 7) is 19.1. The van der Waals surface area contributed by atoms with Gasteiger partial charge >= 0.3 is 12.2 Å². The summed E-state index contributed by atoms with van der Waals surface area (Å²) in [5.74, 6) is 0.523. The number of carbonyl (C=O) groups is 2. The van der Waals surface area contributed by atoms with Gasteiger partial charge in [0.2, 0.25) is 0 Å². The molecule has 0 spiro atoms. The molecule has 1 N–H and O–H groups in total. The SMILES string of the molecule is C=CS(=O)(=O)Nc1cccc(CN(C(=O)OC(C)(C)C)c2cc(C3=CCN(C(=O)OC(C)(C)C)CC3)nc3c(C(C)C)cnn23)c1. The number of rotatable bonds is 8. The highest BCUT2D eigenvalue weighted by atomic mass is 32.2. The van der Waals surface area contributed by atoms with Crippen LogP contribution in [0.25, 0.3) is 11.2 Å². The van der Waals surface area contributed by atoms with E-state index in [0.29, 0.717) is 47.9 Å². The van der Waals surface area contributed by atoms with E-state index >= 15 is 0 Å². The van der Waals surface area contributed by atoms with Gasteiger partial charge in [-0.15, -0.1) is 0 Å². The van der Waals surface area contributed by atoms with Crippen molar-refractivity contribution >= 4 is 44.9 Å². The Balaban J connectivity index is 1.81. The van der Waals surface area contributed by atoms with Gasteiger partial charge in [0.05, 0.1) is 18.4 Å². The summed E-state index contributed by atoms with van der Waals surface area (Å²) >= 11 is 0. The van der Waals surface area contributed by atoms with Crippen LogP contribution < -0.4 is 9.62 Å². The molecule has 3 heterocycles. The van der Waals surface area contributed by atoms with Crippen LogP contribution in [-0.2, 0) is 26.0 Å². The number of fused-ring (bicyclic) bond motifs is 1. The minimum Gasteiger partial charge on any atom is -0.444 e. The van der Waals surface area contributed by atoms with Gasteiger partial charge < -0.3 is 14.4 Å². The molecule has 0 aliphatic carbocycles. The van der Waals surface area contributed by atoms with Crippen molar-refractivity contribution in [3.8, 4) is 0 Å².